The predicted molar refractivity (Wildman–Crippen MR) is 71.6 cm³/mol. The van der Waals surface area contributed by atoms with Crippen molar-refractivity contribution < 1.29 is 9.13 Å². The van der Waals surface area contributed by atoms with Gasteiger partial charge in [0, 0.05) is 31.7 Å². The first-order valence-corrected chi connectivity index (χ1v) is 6.23. The van der Waals surface area contributed by atoms with Gasteiger partial charge in [0.15, 0.2) is 0 Å². The van der Waals surface area contributed by atoms with Crippen molar-refractivity contribution in [3.8, 4) is 5.69 Å². The minimum Gasteiger partial charge on any atom is -0.383 e. The molecule has 0 spiro atoms. The Bertz CT molecular complexity index is 530. The zero-order valence-corrected chi connectivity index (χ0v) is 11.4. The van der Waals surface area contributed by atoms with E-state index in [2.05, 4.69) is 26.2 Å². The average Bonchev–Trinajstić information content (AvgIpc) is 2.81. The van der Waals surface area contributed by atoms with Crippen LogP contribution in [0.5, 0.6) is 0 Å². The van der Waals surface area contributed by atoms with Crippen LogP contribution in [0.1, 0.15) is 0 Å². The number of methoxy groups -OCH3 is 1. The number of hydrogen-bond acceptors (Lipinski definition) is 3. The summed E-state index contributed by atoms with van der Waals surface area (Å²) < 4.78 is 20.4. The first-order valence-electron chi connectivity index (χ1n) is 5.44. The van der Waals surface area contributed by atoms with Gasteiger partial charge in [-0.25, -0.2) is 9.37 Å². The van der Waals surface area contributed by atoms with Gasteiger partial charge in [0.1, 0.15) is 5.82 Å². The fraction of sp³-hybridized carbons (Fsp3) is 0.250. The van der Waals surface area contributed by atoms with Crippen molar-refractivity contribution in [3.63, 3.8) is 0 Å². The fourth-order valence-corrected chi connectivity index (χ4v) is 1.91. The van der Waals surface area contributed by atoms with E-state index in [1.165, 1.54) is 6.07 Å². The summed E-state index contributed by atoms with van der Waals surface area (Å²) in [6, 6.07) is 4.82. The lowest BCUT2D eigenvalue weighted by Gasteiger charge is -2.10. The Morgan fingerprint density at radius 2 is 2.33 bits per heavy atom. The first-order chi connectivity index (χ1) is 8.72. The van der Waals surface area contributed by atoms with E-state index in [9.17, 15) is 4.39 Å². The van der Waals surface area contributed by atoms with Gasteiger partial charge in [-0.1, -0.05) is 0 Å². The summed E-state index contributed by atoms with van der Waals surface area (Å²) in [4.78, 5) is 4.20. The molecule has 0 bridgehead atoms. The average molecular weight is 314 g/mol. The third kappa shape index (κ3) is 2.88. The highest BCUT2D eigenvalue weighted by Gasteiger charge is 2.06. The molecule has 0 aliphatic heterocycles. The second kappa shape index (κ2) is 5.97. The van der Waals surface area contributed by atoms with Gasteiger partial charge in [0.05, 0.1) is 11.1 Å². The Morgan fingerprint density at radius 1 is 1.50 bits per heavy atom. The van der Waals surface area contributed by atoms with Gasteiger partial charge in [0.25, 0.3) is 0 Å². The molecule has 1 heterocycles. The Kier molecular flexibility index (Phi) is 4.33. The molecule has 18 heavy (non-hydrogen) atoms. The number of nitrogens with one attached hydrogen (secondary N) is 1. The highest BCUT2D eigenvalue weighted by Crippen LogP contribution is 2.21. The summed E-state index contributed by atoms with van der Waals surface area (Å²) in [6.45, 7) is 1.26. The molecule has 0 fully saturated rings. The van der Waals surface area contributed by atoms with E-state index in [1.807, 2.05) is 10.8 Å². The molecule has 1 N–H and O–H groups in total. The van der Waals surface area contributed by atoms with Crippen molar-refractivity contribution in [2.45, 2.75) is 0 Å². The summed E-state index contributed by atoms with van der Waals surface area (Å²) in [5, 5.41) is 3.14. The smallest absolute Gasteiger partial charge is 0.207 e. The fourth-order valence-electron chi connectivity index (χ4n) is 1.54. The zero-order chi connectivity index (χ0) is 13.0. The molecule has 0 amide bonds. The molecular formula is C12H13BrFN3O. The molecule has 2 aromatic rings. The summed E-state index contributed by atoms with van der Waals surface area (Å²) in [7, 11) is 1.64. The molecule has 0 saturated heterocycles. The number of aromatic nitrogens is 2. The lowest BCUT2D eigenvalue weighted by molar-refractivity contribution is 0.210. The third-order valence-corrected chi connectivity index (χ3v) is 3.02. The molecule has 1 aromatic carbocycles. The summed E-state index contributed by atoms with van der Waals surface area (Å²) in [6.07, 6.45) is 3.50. The number of benzene rings is 1. The van der Waals surface area contributed by atoms with Crippen molar-refractivity contribution in [2.24, 2.45) is 0 Å². The molecule has 0 saturated carbocycles. The molecule has 4 nitrogen and oxygen atoms in total. The van der Waals surface area contributed by atoms with Crippen molar-refractivity contribution in [3.05, 3.63) is 40.9 Å². The molecule has 0 atom stereocenters. The number of halogens is 2. The monoisotopic (exact) mass is 313 g/mol. The molecule has 6 heteroatoms. The van der Waals surface area contributed by atoms with E-state index in [0.29, 0.717) is 23.6 Å². The Labute approximate surface area is 113 Å². The van der Waals surface area contributed by atoms with Gasteiger partial charge < -0.3 is 10.1 Å². The lowest BCUT2D eigenvalue weighted by Crippen LogP contribution is -2.11. The standard InChI is InChI=1S/C12H13BrFN3O/c1-18-7-5-16-12-15-4-6-17(12)9-2-3-11(14)10(13)8-9/h2-4,6,8H,5,7H2,1H3,(H,15,16). The van der Waals surface area contributed by atoms with Gasteiger partial charge >= 0.3 is 0 Å². The Morgan fingerprint density at radius 3 is 3.06 bits per heavy atom. The maximum absolute atomic E-state index is 13.2. The topological polar surface area (TPSA) is 39.1 Å². The molecule has 0 aliphatic rings. The second-order valence-corrected chi connectivity index (χ2v) is 4.49. The number of imidazole rings is 1. The van der Waals surface area contributed by atoms with E-state index in [-0.39, 0.29) is 5.82 Å². The molecule has 96 valence electrons. The van der Waals surface area contributed by atoms with Gasteiger partial charge in [-0.15, -0.1) is 0 Å². The highest BCUT2D eigenvalue weighted by atomic mass is 79.9. The van der Waals surface area contributed by atoms with Gasteiger partial charge in [-0.3, -0.25) is 4.57 Å². The lowest BCUT2D eigenvalue weighted by atomic mass is 10.3. The number of hydrogen-bond donors (Lipinski definition) is 1. The van der Waals surface area contributed by atoms with E-state index >= 15 is 0 Å². The van der Waals surface area contributed by atoms with Crippen molar-refractivity contribution in [1.82, 2.24) is 9.55 Å². The SMILES string of the molecule is COCCNc1nccn1-c1ccc(F)c(Br)c1. The van der Waals surface area contributed by atoms with Crippen LogP contribution in [-0.2, 0) is 4.74 Å². The summed E-state index contributed by atoms with van der Waals surface area (Å²) >= 11 is 3.17. The Hall–Kier alpha value is -1.40. The van der Waals surface area contributed by atoms with Crippen molar-refractivity contribution >= 4 is 21.9 Å². The van der Waals surface area contributed by atoms with Crippen LogP contribution in [0.15, 0.2) is 35.1 Å². The van der Waals surface area contributed by atoms with Gasteiger partial charge in [-0.2, -0.15) is 0 Å². The Balaban J connectivity index is 2.22. The first kappa shape index (κ1) is 13.0. The summed E-state index contributed by atoms with van der Waals surface area (Å²) in [5.74, 6) is 0.415. The van der Waals surface area contributed by atoms with Crippen LogP contribution in [0.2, 0.25) is 0 Å². The number of anilines is 1. The zero-order valence-electron chi connectivity index (χ0n) is 9.86. The van der Waals surface area contributed by atoms with Crippen LogP contribution in [0.4, 0.5) is 10.3 Å². The maximum Gasteiger partial charge on any atom is 0.207 e. The quantitative estimate of drug-likeness (QED) is 0.863. The van der Waals surface area contributed by atoms with Crippen LogP contribution >= 0.6 is 15.9 Å². The van der Waals surface area contributed by atoms with Crippen molar-refractivity contribution in [2.75, 3.05) is 25.6 Å². The molecule has 0 radical (unpaired) electrons. The van der Waals surface area contributed by atoms with E-state index < -0.39 is 0 Å². The highest BCUT2D eigenvalue weighted by molar-refractivity contribution is 9.10. The minimum absolute atomic E-state index is 0.284. The van der Waals surface area contributed by atoms with Gasteiger partial charge in [-0.05, 0) is 34.1 Å². The maximum atomic E-state index is 13.2. The van der Waals surface area contributed by atoms with Crippen molar-refractivity contribution in [1.29, 1.82) is 0 Å². The van der Waals surface area contributed by atoms with Crippen LogP contribution in [0.3, 0.4) is 0 Å². The molecule has 1 aromatic heterocycles. The van der Waals surface area contributed by atoms with Gasteiger partial charge in [0.2, 0.25) is 5.95 Å². The van der Waals surface area contributed by atoms with Crippen LogP contribution < -0.4 is 5.32 Å². The number of ether oxygens (including phenoxy) is 1. The van der Waals surface area contributed by atoms with E-state index in [0.717, 1.165) is 5.69 Å². The molecule has 2 rings (SSSR count). The normalized spacial score (nSPS) is 10.6. The van der Waals surface area contributed by atoms with E-state index in [1.54, 1.807) is 25.4 Å². The largest absolute Gasteiger partial charge is 0.383 e. The third-order valence-electron chi connectivity index (χ3n) is 2.41. The molecular weight excluding hydrogens is 301 g/mol. The minimum atomic E-state index is -0.284. The number of rotatable bonds is 5. The van der Waals surface area contributed by atoms with E-state index in [4.69, 9.17) is 4.74 Å². The summed E-state index contributed by atoms with van der Waals surface area (Å²) in [5.41, 5.74) is 0.834. The second-order valence-electron chi connectivity index (χ2n) is 3.64. The van der Waals surface area contributed by atoms with Crippen LogP contribution in [0, 0.1) is 5.82 Å². The van der Waals surface area contributed by atoms with Crippen LogP contribution in [0.25, 0.3) is 5.69 Å². The predicted octanol–water partition coefficient (Wildman–Crippen LogP) is 2.83. The molecule has 0 aliphatic carbocycles. The van der Waals surface area contributed by atoms with Crippen LogP contribution in [-0.4, -0.2) is 29.8 Å². The number of nitrogens with zero attached hydrogens (tertiary/aromatic N) is 2. The molecule has 0 unspecified atom stereocenters.